The van der Waals surface area contributed by atoms with E-state index in [-0.39, 0.29) is 18.6 Å². The van der Waals surface area contributed by atoms with Gasteiger partial charge in [-0.25, -0.2) is 0 Å². The SMILES string of the molecule is O=C(c1occc1-c1ccccc1)N1CCC[C@@H]1CO. The molecule has 20 heavy (non-hydrogen) atoms. The number of aliphatic hydroxyl groups is 1. The highest BCUT2D eigenvalue weighted by Gasteiger charge is 2.31. The number of furan rings is 1. The maximum atomic E-state index is 12.6. The van der Waals surface area contributed by atoms with Crippen LogP contribution in [0.3, 0.4) is 0 Å². The molecule has 0 spiro atoms. The maximum absolute atomic E-state index is 12.6. The normalized spacial score (nSPS) is 18.4. The third-order valence-corrected chi connectivity index (χ3v) is 3.79. The Labute approximate surface area is 117 Å². The van der Waals surface area contributed by atoms with Crippen molar-refractivity contribution in [2.75, 3.05) is 13.2 Å². The van der Waals surface area contributed by atoms with Gasteiger partial charge in [0.2, 0.25) is 0 Å². The van der Waals surface area contributed by atoms with Crippen molar-refractivity contribution in [3.8, 4) is 11.1 Å². The Bertz CT molecular complexity index is 591. The minimum Gasteiger partial charge on any atom is -0.459 e. The Hall–Kier alpha value is -2.07. The number of benzene rings is 1. The van der Waals surface area contributed by atoms with Crippen LogP contribution < -0.4 is 0 Å². The Kier molecular flexibility index (Phi) is 3.56. The average molecular weight is 271 g/mol. The number of carbonyl (C=O) groups excluding carboxylic acids is 1. The zero-order valence-corrected chi connectivity index (χ0v) is 11.2. The van der Waals surface area contributed by atoms with Gasteiger partial charge in [-0.15, -0.1) is 0 Å². The maximum Gasteiger partial charge on any atom is 0.290 e. The Morgan fingerprint density at radius 1 is 1.30 bits per heavy atom. The van der Waals surface area contributed by atoms with E-state index < -0.39 is 0 Å². The molecule has 3 rings (SSSR count). The van der Waals surface area contributed by atoms with Gasteiger partial charge in [0.25, 0.3) is 5.91 Å². The van der Waals surface area contributed by atoms with Gasteiger partial charge in [0.15, 0.2) is 5.76 Å². The molecule has 1 saturated heterocycles. The summed E-state index contributed by atoms with van der Waals surface area (Å²) in [6.07, 6.45) is 3.32. The number of rotatable bonds is 3. The van der Waals surface area contributed by atoms with Gasteiger partial charge in [-0.05, 0) is 24.5 Å². The molecule has 1 aromatic heterocycles. The van der Waals surface area contributed by atoms with Crippen molar-refractivity contribution >= 4 is 5.91 Å². The molecule has 2 heterocycles. The van der Waals surface area contributed by atoms with Crippen molar-refractivity contribution in [2.24, 2.45) is 0 Å². The summed E-state index contributed by atoms with van der Waals surface area (Å²) in [5, 5.41) is 9.34. The van der Waals surface area contributed by atoms with Gasteiger partial charge < -0.3 is 14.4 Å². The molecule has 1 amide bonds. The molecule has 1 fully saturated rings. The quantitative estimate of drug-likeness (QED) is 0.933. The van der Waals surface area contributed by atoms with Crippen molar-refractivity contribution < 1.29 is 14.3 Å². The lowest BCUT2D eigenvalue weighted by atomic mass is 10.1. The lowest BCUT2D eigenvalue weighted by Crippen LogP contribution is -2.37. The number of hydrogen-bond acceptors (Lipinski definition) is 3. The second-order valence-electron chi connectivity index (χ2n) is 5.01. The van der Waals surface area contributed by atoms with Crippen LogP contribution in [0.15, 0.2) is 47.1 Å². The van der Waals surface area contributed by atoms with E-state index in [1.165, 1.54) is 0 Å². The molecule has 2 aromatic rings. The number of hydrogen-bond donors (Lipinski definition) is 1. The first-order valence-electron chi connectivity index (χ1n) is 6.86. The summed E-state index contributed by atoms with van der Waals surface area (Å²) in [6.45, 7) is 0.687. The van der Waals surface area contributed by atoms with Gasteiger partial charge >= 0.3 is 0 Å². The van der Waals surface area contributed by atoms with Crippen LogP contribution in [0.2, 0.25) is 0 Å². The topological polar surface area (TPSA) is 53.7 Å². The minimum absolute atomic E-state index is 0.00706. The molecular formula is C16H17NO3. The molecule has 0 aliphatic carbocycles. The Morgan fingerprint density at radius 3 is 2.85 bits per heavy atom. The standard InChI is InChI=1S/C16H17NO3/c18-11-13-7-4-9-17(13)16(19)15-14(8-10-20-15)12-5-2-1-3-6-12/h1-3,5-6,8,10,13,18H,4,7,9,11H2/t13-/m1/s1. The monoisotopic (exact) mass is 271 g/mol. The lowest BCUT2D eigenvalue weighted by Gasteiger charge is -2.22. The largest absolute Gasteiger partial charge is 0.459 e. The van der Waals surface area contributed by atoms with E-state index in [1.54, 1.807) is 11.2 Å². The Balaban J connectivity index is 1.92. The van der Waals surface area contributed by atoms with E-state index >= 15 is 0 Å². The van der Waals surface area contributed by atoms with Crippen LogP contribution in [0.1, 0.15) is 23.4 Å². The van der Waals surface area contributed by atoms with Gasteiger partial charge in [0.05, 0.1) is 18.9 Å². The average Bonchev–Trinajstić information content (AvgIpc) is 3.16. The number of amides is 1. The van der Waals surface area contributed by atoms with Gasteiger partial charge in [0, 0.05) is 12.1 Å². The molecule has 0 unspecified atom stereocenters. The third kappa shape index (κ3) is 2.23. The van der Waals surface area contributed by atoms with Crippen LogP contribution in [0, 0.1) is 0 Å². The van der Waals surface area contributed by atoms with Crippen LogP contribution in [0.5, 0.6) is 0 Å². The predicted octanol–water partition coefficient (Wildman–Crippen LogP) is 2.54. The summed E-state index contributed by atoms with van der Waals surface area (Å²) >= 11 is 0. The highest BCUT2D eigenvalue weighted by molar-refractivity contribution is 5.98. The summed E-state index contributed by atoms with van der Waals surface area (Å²) in [4.78, 5) is 14.3. The number of aliphatic hydroxyl groups excluding tert-OH is 1. The van der Waals surface area contributed by atoms with E-state index in [9.17, 15) is 9.90 Å². The van der Waals surface area contributed by atoms with E-state index in [1.807, 2.05) is 36.4 Å². The Morgan fingerprint density at radius 2 is 2.10 bits per heavy atom. The summed E-state index contributed by atoms with van der Waals surface area (Å²) < 4.78 is 5.41. The summed E-state index contributed by atoms with van der Waals surface area (Å²) in [5.41, 5.74) is 1.77. The minimum atomic E-state index is -0.134. The molecule has 1 aromatic carbocycles. The number of carbonyl (C=O) groups is 1. The fraction of sp³-hybridized carbons (Fsp3) is 0.312. The first kappa shape index (κ1) is 12.9. The van der Waals surface area contributed by atoms with Crippen molar-refractivity contribution in [1.29, 1.82) is 0 Å². The van der Waals surface area contributed by atoms with Crippen LogP contribution >= 0.6 is 0 Å². The third-order valence-electron chi connectivity index (χ3n) is 3.79. The second kappa shape index (κ2) is 5.51. The highest BCUT2D eigenvalue weighted by Crippen LogP contribution is 2.28. The van der Waals surface area contributed by atoms with Crippen LogP contribution in [0.25, 0.3) is 11.1 Å². The van der Waals surface area contributed by atoms with E-state index in [4.69, 9.17) is 4.42 Å². The summed E-state index contributed by atoms with van der Waals surface area (Å²) in [7, 11) is 0. The van der Waals surface area contributed by atoms with Crippen molar-refractivity contribution in [2.45, 2.75) is 18.9 Å². The van der Waals surface area contributed by atoms with Gasteiger partial charge in [-0.3, -0.25) is 4.79 Å². The first-order chi connectivity index (χ1) is 9.81. The summed E-state index contributed by atoms with van der Waals surface area (Å²) in [5.74, 6) is 0.224. The van der Waals surface area contributed by atoms with Crippen molar-refractivity contribution in [3.63, 3.8) is 0 Å². The van der Waals surface area contributed by atoms with Crippen molar-refractivity contribution in [1.82, 2.24) is 4.90 Å². The lowest BCUT2D eigenvalue weighted by molar-refractivity contribution is 0.0647. The zero-order chi connectivity index (χ0) is 13.9. The molecule has 0 saturated carbocycles. The fourth-order valence-electron chi connectivity index (χ4n) is 2.74. The van der Waals surface area contributed by atoms with Gasteiger partial charge in [-0.1, -0.05) is 30.3 Å². The molecule has 4 heteroatoms. The smallest absolute Gasteiger partial charge is 0.290 e. The summed E-state index contributed by atoms with van der Waals surface area (Å²) in [6, 6.07) is 11.4. The highest BCUT2D eigenvalue weighted by atomic mass is 16.3. The second-order valence-corrected chi connectivity index (χ2v) is 5.01. The zero-order valence-electron chi connectivity index (χ0n) is 11.2. The molecule has 1 N–H and O–H groups in total. The fourth-order valence-corrected chi connectivity index (χ4v) is 2.74. The molecule has 1 aliphatic rings. The van der Waals surface area contributed by atoms with E-state index in [0.717, 1.165) is 24.0 Å². The molecule has 1 aliphatic heterocycles. The predicted molar refractivity (Wildman–Crippen MR) is 75.3 cm³/mol. The van der Waals surface area contributed by atoms with Gasteiger partial charge in [0.1, 0.15) is 0 Å². The van der Waals surface area contributed by atoms with Gasteiger partial charge in [-0.2, -0.15) is 0 Å². The van der Waals surface area contributed by atoms with Crippen LogP contribution in [-0.2, 0) is 0 Å². The number of nitrogens with zero attached hydrogens (tertiary/aromatic N) is 1. The van der Waals surface area contributed by atoms with E-state index in [2.05, 4.69) is 0 Å². The molecular weight excluding hydrogens is 254 g/mol. The number of likely N-dealkylation sites (tertiary alicyclic amines) is 1. The molecule has 1 atom stereocenters. The van der Waals surface area contributed by atoms with Crippen LogP contribution in [0.4, 0.5) is 0 Å². The van der Waals surface area contributed by atoms with Crippen LogP contribution in [-0.4, -0.2) is 35.1 Å². The molecule has 4 nitrogen and oxygen atoms in total. The molecule has 0 bridgehead atoms. The molecule has 104 valence electrons. The molecule has 0 radical (unpaired) electrons. The van der Waals surface area contributed by atoms with E-state index in [0.29, 0.717) is 12.3 Å². The van der Waals surface area contributed by atoms with Crippen molar-refractivity contribution in [3.05, 3.63) is 48.4 Å². The first-order valence-corrected chi connectivity index (χ1v) is 6.86.